The van der Waals surface area contributed by atoms with E-state index in [0.717, 1.165) is 12.1 Å². The minimum atomic E-state index is -3.10. The highest BCUT2D eigenvalue weighted by molar-refractivity contribution is 7.91. The second-order valence-electron chi connectivity index (χ2n) is 5.98. The van der Waals surface area contributed by atoms with E-state index in [1.807, 2.05) is 6.07 Å². The van der Waals surface area contributed by atoms with Crippen LogP contribution in [0.15, 0.2) is 47.8 Å². The second-order valence-corrected chi connectivity index (χ2v) is 7.83. The first-order chi connectivity index (χ1) is 14.3. The molecule has 0 radical (unpaired) electrons. The number of nitrogens with zero attached hydrogens (tertiary/aromatic N) is 5. The fraction of sp³-hybridized carbons (Fsp3) is 0.167. The highest BCUT2D eigenvalue weighted by Crippen LogP contribution is 2.24. The standard InChI is InChI=1S/C18H13ClF2N6O2S/c1-10(16-24-9-25-27(16)15-3-2-11(7-22)8-23-15)26-17(28)12-4-13(19)6-14(5-12)30(29)18(20)21/h2-6,8-10,18H,1H3,(H,26,28)/t10-,30?/m0/s1. The number of carbonyl (C=O) groups excluding carboxylic acids is 1. The van der Waals surface area contributed by atoms with Gasteiger partial charge in [0.05, 0.1) is 22.8 Å². The lowest BCUT2D eigenvalue weighted by Gasteiger charge is -2.15. The van der Waals surface area contributed by atoms with Crippen LogP contribution in [0.1, 0.15) is 34.7 Å². The van der Waals surface area contributed by atoms with Crippen molar-refractivity contribution < 1.29 is 18.1 Å². The van der Waals surface area contributed by atoms with E-state index in [4.69, 9.17) is 16.9 Å². The topological polar surface area (TPSA) is 120 Å². The van der Waals surface area contributed by atoms with Crippen LogP contribution in [-0.4, -0.2) is 36.0 Å². The number of hydrogen-bond donors (Lipinski definition) is 1. The van der Waals surface area contributed by atoms with E-state index in [9.17, 15) is 18.1 Å². The van der Waals surface area contributed by atoms with E-state index in [1.165, 1.54) is 23.3 Å². The molecule has 154 valence electrons. The van der Waals surface area contributed by atoms with Gasteiger partial charge < -0.3 is 9.87 Å². The zero-order chi connectivity index (χ0) is 21.8. The summed E-state index contributed by atoms with van der Waals surface area (Å²) in [5.74, 6) is -2.99. The molecule has 30 heavy (non-hydrogen) atoms. The molecule has 0 fully saturated rings. The molecular formula is C18H13ClF2N6O2S. The quantitative estimate of drug-likeness (QED) is 0.576. The number of aromatic nitrogens is 4. The van der Waals surface area contributed by atoms with Gasteiger partial charge in [-0.1, -0.05) is 11.6 Å². The van der Waals surface area contributed by atoms with Crippen molar-refractivity contribution in [3.63, 3.8) is 0 Å². The van der Waals surface area contributed by atoms with Crippen LogP contribution in [0, 0.1) is 11.3 Å². The van der Waals surface area contributed by atoms with Gasteiger partial charge >= 0.3 is 5.76 Å². The van der Waals surface area contributed by atoms with E-state index in [2.05, 4.69) is 20.4 Å². The van der Waals surface area contributed by atoms with Gasteiger partial charge in [0.1, 0.15) is 12.4 Å². The Morgan fingerprint density at radius 1 is 1.33 bits per heavy atom. The van der Waals surface area contributed by atoms with Crippen molar-refractivity contribution in [1.82, 2.24) is 25.1 Å². The van der Waals surface area contributed by atoms with Crippen molar-refractivity contribution in [2.24, 2.45) is 0 Å². The summed E-state index contributed by atoms with van der Waals surface area (Å²) in [7, 11) is 0. The lowest BCUT2D eigenvalue weighted by Crippen LogP contribution is -2.29. The Kier molecular flexibility index (Phi) is 6.61. The van der Waals surface area contributed by atoms with Gasteiger partial charge in [-0.15, -0.1) is 0 Å². The molecule has 3 rings (SSSR count). The molecule has 2 heterocycles. The van der Waals surface area contributed by atoms with Gasteiger partial charge in [0.25, 0.3) is 5.91 Å². The summed E-state index contributed by atoms with van der Waals surface area (Å²) in [5.41, 5.74) is 0.348. The molecule has 12 heteroatoms. The Morgan fingerprint density at radius 3 is 2.73 bits per heavy atom. The maximum atomic E-state index is 12.7. The molecule has 0 aliphatic rings. The van der Waals surface area contributed by atoms with Crippen LogP contribution >= 0.6 is 11.6 Å². The zero-order valence-corrected chi connectivity index (χ0v) is 16.9. The molecule has 1 N–H and O–H groups in total. The van der Waals surface area contributed by atoms with Crippen LogP contribution < -0.4 is 5.32 Å². The minimum absolute atomic E-state index is 0.00394. The first-order valence-corrected chi connectivity index (χ1v) is 9.96. The molecule has 0 bridgehead atoms. The lowest BCUT2D eigenvalue weighted by atomic mass is 10.2. The van der Waals surface area contributed by atoms with E-state index in [1.54, 1.807) is 19.1 Å². The van der Waals surface area contributed by atoms with E-state index in [-0.39, 0.29) is 15.5 Å². The molecule has 1 unspecified atom stereocenters. The summed E-state index contributed by atoms with van der Waals surface area (Å²) in [4.78, 5) is 20.6. The van der Waals surface area contributed by atoms with Crippen LogP contribution in [0.3, 0.4) is 0 Å². The molecule has 3 aromatic rings. The fourth-order valence-electron chi connectivity index (χ4n) is 2.56. The number of rotatable bonds is 6. The normalized spacial score (nSPS) is 13.0. The monoisotopic (exact) mass is 450 g/mol. The first kappa shape index (κ1) is 21.6. The van der Waals surface area contributed by atoms with Gasteiger partial charge in [0, 0.05) is 28.9 Å². The summed E-state index contributed by atoms with van der Waals surface area (Å²) in [5, 5.41) is 15.6. The fourth-order valence-corrected chi connectivity index (χ4v) is 3.55. The van der Waals surface area contributed by atoms with Crippen LogP contribution in [0.2, 0.25) is 5.02 Å². The number of pyridine rings is 1. The third-order valence-corrected chi connectivity index (χ3v) is 5.17. The predicted molar refractivity (Wildman–Crippen MR) is 104 cm³/mol. The number of hydrogen-bond acceptors (Lipinski definition) is 6. The minimum Gasteiger partial charge on any atom is -0.607 e. The largest absolute Gasteiger partial charge is 0.607 e. The molecular weight excluding hydrogens is 438 g/mol. The number of benzene rings is 1. The smallest absolute Gasteiger partial charge is 0.402 e. The Hall–Kier alpha value is -3.07. The number of carbonyl (C=O) groups is 1. The molecule has 2 atom stereocenters. The maximum absolute atomic E-state index is 12.7. The molecule has 0 spiro atoms. The van der Waals surface area contributed by atoms with Gasteiger partial charge in [0.2, 0.25) is 0 Å². The van der Waals surface area contributed by atoms with Gasteiger partial charge in [-0.2, -0.15) is 23.8 Å². The second kappa shape index (κ2) is 9.17. The first-order valence-electron chi connectivity index (χ1n) is 8.36. The van der Waals surface area contributed by atoms with Gasteiger partial charge in [-0.3, -0.25) is 4.79 Å². The molecule has 0 aliphatic heterocycles. The van der Waals surface area contributed by atoms with Crippen LogP contribution in [0.5, 0.6) is 0 Å². The lowest BCUT2D eigenvalue weighted by molar-refractivity contribution is 0.0937. The summed E-state index contributed by atoms with van der Waals surface area (Å²) in [6.07, 6.45) is 2.65. The Labute approximate surface area is 177 Å². The SMILES string of the molecule is C[C@H](NC(=O)c1cc(Cl)cc([S+]([O-])C(F)F)c1)c1ncnn1-c1ccc(C#N)cn1. The maximum Gasteiger partial charge on any atom is 0.402 e. The van der Waals surface area contributed by atoms with Crippen molar-refractivity contribution in [3.8, 4) is 11.9 Å². The van der Waals surface area contributed by atoms with E-state index < -0.39 is 28.9 Å². The zero-order valence-electron chi connectivity index (χ0n) is 15.3. The molecule has 0 saturated carbocycles. The van der Waals surface area contributed by atoms with Crippen LogP contribution in [0.25, 0.3) is 5.82 Å². The molecule has 0 aliphatic carbocycles. The summed E-state index contributed by atoms with van der Waals surface area (Å²) >= 11 is 3.29. The summed E-state index contributed by atoms with van der Waals surface area (Å²) in [6, 6.07) is 7.95. The van der Waals surface area contributed by atoms with Crippen molar-refractivity contribution in [3.05, 3.63) is 64.8 Å². The molecule has 1 aromatic carbocycles. The number of amides is 1. The van der Waals surface area contributed by atoms with Crippen molar-refractivity contribution in [1.29, 1.82) is 5.26 Å². The number of halogens is 3. The van der Waals surface area contributed by atoms with Crippen molar-refractivity contribution in [2.45, 2.75) is 23.6 Å². The average Bonchev–Trinajstić information content (AvgIpc) is 3.22. The van der Waals surface area contributed by atoms with Crippen LogP contribution in [-0.2, 0) is 11.2 Å². The van der Waals surface area contributed by atoms with Gasteiger partial charge in [0.15, 0.2) is 16.5 Å². The number of nitriles is 1. The third-order valence-electron chi connectivity index (χ3n) is 3.93. The number of nitrogens with one attached hydrogen (secondary N) is 1. The van der Waals surface area contributed by atoms with E-state index >= 15 is 0 Å². The highest BCUT2D eigenvalue weighted by Gasteiger charge is 2.26. The van der Waals surface area contributed by atoms with Gasteiger partial charge in [-0.25, -0.2) is 9.97 Å². The summed E-state index contributed by atoms with van der Waals surface area (Å²) < 4.78 is 38.5. The molecule has 8 nitrogen and oxygen atoms in total. The molecule has 0 saturated heterocycles. The van der Waals surface area contributed by atoms with Crippen molar-refractivity contribution in [2.75, 3.05) is 0 Å². The molecule has 2 aromatic heterocycles. The highest BCUT2D eigenvalue weighted by atomic mass is 35.5. The Morgan fingerprint density at radius 2 is 2.10 bits per heavy atom. The number of alkyl halides is 2. The third kappa shape index (κ3) is 4.73. The molecule has 1 amide bonds. The van der Waals surface area contributed by atoms with E-state index in [0.29, 0.717) is 17.2 Å². The summed E-state index contributed by atoms with van der Waals surface area (Å²) in [6.45, 7) is 1.64. The Bertz CT molecular complexity index is 1100. The van der Waals surface area contributed by atoms with Crippen LogP contribution in [0.4, 0.5) is 8.78 Å². The average molecular weight is 451 g/mol. The van der Waals surface area contributed by atoms with Gasteiger partial charge in [-0.05, 0) is 25.1 Å². The van der Waals surface area contributed by atoms with Crippen molar-refractivity contribution >= 4 is 28.7 Å². The predicted octanol–water partition coefficient (Wildman–Crippen LogP) is 3.01. The Balaban J connectivity index is 1.82.